The van der Waals surface area contributed by atoms with Crippen LogP contribution in [0.4, 0.5) is 4.39 Å². The third-order valence-electron chi connectivity index (χ3n) is 3.59. The normalized spacial score (nSPS) is 10.5. The van der Waals surface area contributed by atoms with Crippen LogP contribution >= 0.6 is 23.4 Å². The van der Waals surface area contributed by atoms with Gasteiger partial charge in [0, 0.05) is 17.5 Å². The number of thioether (sulfide) groups is 1. The maximum atomic E-state index is 13.1. The molecular formula is C20H16ClFN2O2S. The first-order chi connectivity index (χ1) is 13.1. The number of carbonyl (C=O) groups excluding carboxylic acids is 1. The monoisotopic (exact) mass is 402 g/mol. The van der Waals surface area contributed by atoms with Crippen LogP contribution in [0.1, 0.15) is 23.9 Å². The number of rotatable bonds is 5. The van der Waals surface area contributed by atoms with Crippen molar-refractivity contribution in [2.75, 3.05) is 12.4 Å². The summed E-state index contributed by atoms with van der Waals surface area (Å²) in [5.41, 5.74) is 2.85. The molecule has 7 heteroatoms. The van der Waals surface area contributed by atoms with Crippen LogP contribution in [-0.2, 0) is 15.3 Å². The lowest BCUT2D eigenvalue weighted by atomic mass is 10.2. The molecule has 0 radical (unpaired) electrons. The van der Waals surface area contributed by atoms with Crippen molar-refractivity contribution < 1.29 is 13.9 Å². The number of pyridine rings is 1. The number of nitrogens with zero attached hydrogens (tertiary/aromatic N) is 2. The third kappa shape index (κ3) is 5.03. The van der Waals surface area contributed by atoms with Crippen LogP contribution in [0.25, 0.3) is 5.65 Å². The first-order valence-corrected chi connectivity index (χ1v) is 9.77. The summed E-state index contributed by atoms with van der Waals surface area (Å²) in [6.07, 6.45) is 1.75. The predicted molar refractivity (Wildman–Crippen MR) is 105 cm³/mol. The predicted octanol–water partition coefficient (Wildman–Crippen LogP) is 4.32. The van der Waals surface area contributed by atoms with Gasteiger partial charge in [-0.15, -0.1) is 11.8 Å². The van der Waals surface area contributed by atoms with Crippen molar-refractivity contribution in [1.82, 2.24) is 9.38 Å². The van der Waals surface area contributed by atoms with Gasteiger partial charge in [0.05, 0.1) is 23.1 Å². The molecule has 27 heavy (non-hydrogen) atoms. The van der Waals surface area contributed by atoms with Gasteiger partial charge in [0.25, 0.3) is 0 Å². The minimum Gasteiger partial charge on any atom is -0.465 e. The summed E-state index contributed by atoms with van der Waals surface area (Å²) in [5.74, 6) is 6.31. The molecule has 3 aromatic rings. The molecule has 0 fully saturated rings. The molecule has 2 heterocycles. The van der Waals surface area contributed by atoms with E-state index in [2.05, 4.69) is 16.8 Å². The van der Waals surface area contributed by atoms with Crippen molar-refractivity contribution in [2.45, 2.75) is 12.7 Å². The van der Waals surface area contributed by atoms with Crippen LogP contribution in [0.3, 0.4) is 0 Å². The SMILES string of the molecule is CCOC(=O)CSCc1nc2ccc(Cl)cn2c1C#Cc1ccc(F)cc1. The smallest absolute Gasteiger partial charge is 0.315 e. The molecule has 3 rings (SSSR count). The molecule has 0 N–H and O–H groups in total. The summed E-state index contributed by atoms with van der Waals surface area (Å²) >= 11 is 7.52. The van der Waals surface area contributed by atoms with E-state index in [4.69, 9.17) is 16.3 Å². The van der Waals surface area contributed by atoms with Gasteiger partial charge >= 0.3 is 5.97 Å². The number of aromatic nitrogens is 2. The van der Waals surface area contributed by atoms with E-state index < -0.39 is 0 Å². The van der Waals surface area contributed by atoms with Crippen molar-refractivity contribution in [1.29, 1.82) is 0 Å². The second kappa shape index (κ2) is 8.94. The average Bonchev–Trinajstić information content (AvgIpc) is 2.98. The Kier molecular flexibility index (Phi) is 6.38. The van der Waals surface area contributed by atoms with E-state index in [0.29, 0.717) is 28.6 Å². The minimum atomic E-state index is -0.307. The Morgan fingerprint density at radius 2 is 2.04 bits per heavy atom. The molecule has 4 nitrogen and oxygen atoms in total. The highest BCUT2D eigenvalue weighted by Crippen LogP contribution is 2.20. The maximum absolute atomic E-state index is 13.1. The lowest BCUT2D eigenvalue weighted by Gasteiger charge is -2.01. The first-order valence-electron chi connectivity index (χ1n) is 8.24. The maximum Gasteiger partial charge on any atom is 0.315 e. The Labute approximate surface area is 165 Å². The zero-order chi connectivity index (χ0) is 19.2. The molecule has 138 valence electrons. The van der Waals surface area contributed by atoms with Crippen LogP contribution in [0.2, 0.25) is 5.02 Å². The topological polar surface area (TPSA) is 43.6 Å². The number of fused-ring (bicyclic) bond motifs is 1. The molecule has 0 aliphatic heterocycles. The van der Waals surface area contributed by atoms with Gasteiger partial charge < -0.3 is 4.74 Å². The van der Waals surface area contributed by atoms with E-state index in [1.54, 1.807) is 31.3 Å². The van der Waals surface area contributed by atoms with Crippen LogP contribution < -0.4 is 0 Å². The fraction of sp³-hybridized carbons (Fsp3) is 0.200. The molecule has 0 saturated carbocycles. The molecule has 1 aromatic carbocycles. The minimum absolute atomic E-state index is 0.243. The summed E-state index contributed by atoms with van der Waals surface area (Å²) in [6.45, 7) is 2.14. The molecular weight excluding hydrogens is 387 g/mol. The largest absolute Gasteiger partial charge is 0.465 e. The molecule has 0 aliphatic rings. The molecule has 0 spiro atoms. The Morgan fingerprint density at radius 1 is 1.26 bits per heavy atom. The van der Waals surface area contributed by atoms with Crippen LogP contribution in [0, 0.1) is 17.7 Å². The quantitative estimate of drug-likeness (QED) is 0.471. The second-order valence-corrected chi connectivity index (χ2v) is 6.96. The Hall–Kier alpha value is -2.49. The number of hydrogen-bond acceptors (Lipinski definition) is 4. The van der Waals surface area contributed by atoms with Crippen molar-refractivity contribution >= 4 is 35.0 Å². The summed E-state index contributed by atoms with van der Waals surface area (Å²) in [4.78, 5) is 16.1. The molecule has 0 bridgehead atoms. The Morgan fingerprint density at radius 3 is 2.78 bits per heavy atom. The molecule has 2 aromatic heterocycles. The van der Waals surface area contributed by atoms with Crippen molar-refractivity contribution in [2.24, 2.45) is 0 Å². The van der Waals surface area contributed by atoms with Gasteiger partial charge in [-0.05, 0) is 49.2 Å². The van der Waals surface area contributed by atoms with Crippen molar-refractivity contribution in [3.63, 3.8) is 0 Å². The fourth-order valence-corrected chi connectivity index (χ4v) is 3.31. The zero-order valence-corrected chi connectivity index (χ0v) is 16.1. The standard InChI is InChI=1S/C20H16ClFN2O2S/c1-2-26-20(25)13-27-12-17-18(9-5-14-3-7-16(22)8-4-14)24-11-15(21)6-10-19(24)23-17/h3-4,6-8,10-11H,2,12-13H2,1H3. The Balaban J connectivity index is 1.90. The van der Waals surface area contributed by atoms with Gasteiger partial charge in [-0.2, -0.15) is 0 Å². The highest BCUT2D eigenvalue weighted by molar-refractivity contribution is 7.99. The van der Waals surface area contributed by atoms with Crippen molar-refractivity contribution in [3.8, 4) is 11.8 Å². The number of hydrogen-bond donors (Lipinski definition) is 0. The van der Waals surface area contributed by atoms with E-state index in [-0.39, 0.29) is 17.5 Å². The van der Waals surface area contributed by atoms with Gasteiger partial charge in [0.15, 0.2) is 0 Å². The molecule has 0 atom stereocenters. The number of ether oxygens (including phenoxy) is 1. The van der Waals surface area contributed by atoms with Crippen LogP contribution in [-0.4, -0.2) is 27.7 Å². The van der Waals surface area contributed by atoms with E-state index in [1.807, 2.05) is 10.5 Å². The van der Waals surface area contributed by atoms with E-state index in [9.17, 15) is 9.18 Å². The molecule has 0 amide bonds. The molecule has 0 aliphatic carbocycles. The third-order valence-corrected chi connectivity index (χ3v) is 4.73. The first kappa shape index (κ1) is 19.3. The number of benzene rings is 1. The Bertz CT molecular complexity index is 1020. The lowest BCUT2D eigenvalue weighted by molar-refractivity contribution is -0.139. The number of imidazole rings is 1. The molecule has 0 saturated heterocycles. The summed E-state index contributed by atoms with van der Waals surface area (Å²) in [7, 11) is 0. The fourth-order valence-electron chi connectivity index (χ4n) is 2.40. The zero-order valence-electron chi connectivity index (χ0n) is 14.5. The summed E-state index contributed by atoms with van der Waals surface area (Å²) < 4.78 is 19.8. The summed E-state index contributed by atoms with van der Waals surface area (Å²) in [5, 5.41) is 0.565. The van der Waals surface area contributed by atoms with Crippen LogP contribution in [0.15, 0.2) is 42.6 Å². The van der Waals surface area contributed by atoms with E-state index in [0.717, 1.165) is 11.3 Å². The van der Waals surface area contributed by atoms with Gasteiger partial charge in [0.2, 0.25) is 0 Å². The van der Waals surface area contributed by atoms with Crippen LogP contribution in [0.5, 0.6) is 0 Å². The molecule has 0 unspecified atom stereocenters. The number of carbonyl (C=O) groups is 1. The average molecular weight is 403 g/mol. The number of esters is 1. The van der Waals surface area contributed by atoms with Gasteiger partial charge in [-0.3, -0.25) is 9.20 Å². The number of halogens is 2. The van der Waals surface area contributed by atoms with E-state index >= 15 is 0 Å². The highest BCUT2D eigenvalue weighted by atomic mass is 35.5. The highest BCUT2D eigenvalue weighted by Gasteiger charge is 2.12. The van der Waals surface area contributed by atoms with Gasteiger partial charge in [-0.25, -0.2) is 9.37 Å². The van der Waals surface area contributed by atoms with Gasteiger partial charge in [-0.1, -0.05) is 17.5 Å². The summed E-state index contributed by atoms with van der Waals surface area (Å²) in [6, 6.07) is 9.54. The lowest BCUT2D eigenvalue weighted by Crippen LogP contribution is -2.06. The van der Waals surface area contributed by atoms with Gasteiger partial charge in [0.1, 0.15) is 17.2 Å². The van der Waals surface area contributed by atoms with E-state index in [1.165, 1.54) is 23.9 Å². The second-order valence-electron chi connectivity index (χ2n) is 5.54. The van der Waals surface area contributed by atoms with Crippen molar-refractivity contribution in [3.05, 3.63) is 70.4 Å².